The predicted octanol–water partition coefficient (Wildman–Crippen LogP) is 1.77. The lowest BCUT2D eigenvalue weighted by Crippen LogP contribution is -2.47. The van der Waals surface area contributed by atoms with Crippen LogP contribution in [0.5, 0.6) is 0 Å². The Morgan fingerprint density at radius 2 is 2.33 bits per heavy atom. The molecular weight excluding hydrogens is 210 g/mol. The van der Waals surface area contributed by atoms with E-state index in [0.29, 0.717) is 11.9 Å². The van der Waals surface area contributed by atoms with E-state index in [0.717, 1.165) is 25.3 Å². The number of ether oxygens (including phenoxy) is 1. The van der Waals surface area contributed by atoms with Crippen molar-refractivity contribution >= 4 is 17.7 Å². The lowest BCUT2D eigenvalue weighted by Gasteiger charge is -2.35. The monoisotopic (exact) mass is 231 g/mol. The highest BCUT2D eigenvalue weighted by atomic mass is 32.2. The third kappa shape index (κ3) is 3.68. The predicted molar refractivity (Wildman–Crippen MR) is 64.2 cm³/mol. The van der Waals surface area contributed by atoms with Crippen LogP contribution in [0.2, 0.25) is 0 Å². The van der Waals surface area contributed by atoms with Crippen LogP contribution in [-0.4, -0.2) is 47.6 Å². The van der Waals surface area contributed by atoms with Crippen LogP contribution in [0.1, 0.15) is 27.2 Å². The van der Waals surface area contributed by atoms with Crippen LogP contribution in [0.3, 0.4) is 0 Å². The van der Waals surface area contributed by atoms with E-state index in [1.807, 2.05) is 25.6 Å². The van der Waals surface area contributed by atoms with Crippen LogP contribution in [0.15, 0.2) is 0 Å². The molecule has 3 nitrogen and oxygen atoms in total. The maximum Gasteiger partial charge on any atom is 0.323 e. The van der Waals surface area contributed by atoms with E-state index in [2.05, 4.69) is 11.8 Å². The molecule has 2 atom stereocenters. The summed E-state index contributed by atoms with van der Waals surface area (Å²) in [7, 11) is 0. The average molecular weight is 231 g/mol. The molecule has 0 aromatic rings. The van der Waals surface area contributed by atoms with Gasteiger partial charge in [-0.25, -0.2) is 0 Å². The molecule has 88 valence electrons. The number of rotatable bonds is 4. The van der Waals surface area contributed by atoms with Gasteiger partial charge in [0, 0.05) is 24.1 Å². The van der Waals surface area contributed by atoms with E-state index >= 15 is 0 Å². The first kappa shape index (κ1) is 12.8. The number of carbonyl (C=O) groups is 1. The van der Waals surface area contributed by atoms with Crippen molar-refractivity contribution in [3.8, 4) is 0 Å². The number of carbonyl (C=O) groups excluding carboxylic acids is 1. The van der Waals surface area contributed by atoms with Gasteiger partial charge in [0.05, 0.1) is 6.61 Å². The second-order valence-electron chi connectivity index (χ2n) is 3.85. The number of thioether (sulfide) groups is 1. The van der Waals surface area contributed by atoms with Gasteiger partial charge in [-0.1, -0.05) is 13.8 Å². The minimum Gasteiger partial charge on any atom is -0.465 e. The zero-order valence-corrected chi connectivity index (χ0v) is 10.7. The molecule has 0 aliphatic carbocycles. The summed E-state index contributed by atoms with van der Waals surface area (Å²) in [6.45, 7) is 8.61. The fourth-order valence-electron chi connectivity index (χ4n) is 1.94. The van der Waals surface area contributed by atoms with Crippen molar-refractivity contribution in [1.29, 1.82) is 0 Å². The van der Waals surface area contributed by atoms with Crippen LogP contribution in [-0.2, 0) is 9.53 Å². The Morgan fingerprint density at radius 1 is 1.60 bits per heavy atom. The maximum atomic E-state index is 11.7. The van der Waals surface area contributed by atoms with E-state index in [9.17, 15) is 4.79 Å². The van der Waals surface area contributed by atoms with Gasteiger partial charge in [0.15, 0.2) is 0 Å². The molecule has 1 fully saturated rings. The largest absolute Gasteiger partial charge is 0.465 e. The second kappa shape index (κ2) is 6.38. The van der Waals surface area contributed by atoms with E-state index < -0.39 is 0 Å². The van der Waals surface area contributed by atoms with Gasteiger partial charge in [0.1, 0.15) is 6.04 Å². The van der Waals surface area contributed by atoms with Gasteiger partial charge in [-0.05, 0) is 13.3 Å². The van der Waals surface area contributed by atoms with Gasteiger partial charge >= 0.3 is 5.97 Å². The van der Waals surface area contributed by atoms with Crippen LogP contribution >= 0.6 is 11.8 Å². The lowest BCUT2D eigenvalue weighted by molar-refractivity contribution is -0.149. The van der Waals surface area contributed by atoms with Crippen LogP contribution in [0.25, 0.3) is 0 Å². The Balaban J connectivity index is 2.52. The van der Waals surface area contributed by atoms with Crippen LogP contribution in [0, 0.1) is 0 Å². The summed E-state index contributed by atoms with van der Waals surface area (Å²) >= 11 is 1.98. The Labute approximate surface area is 96.5 Å². The normalized spacial score (nSPS) is 24.9. The molecule has 1 saturated heterocycles. The summed E-state index contributed by atoms with van der Waals surface area (Å²) in [6.07, 6.45) is 0.843. The standard InChI is InChI=1S/C11H21NO2S/c1-4-10(11(13)14-5-2)12-6-7-15-9(3)8-12/h9-10H,4-8H2,1-3H3. The van der Waals surface area contributed by atoms with Crippen molar-refractivity contribution in [3.05, 3.63) is 0 Å². The quantitative estimate of drug-likeness (QED) is 0.690. The summed E-state index contributed by atoms with van der Waals surface area (Å²) in [5.41, 5.74) is 0. The van der Waals surface area contributed by atoms with Gasteiger partial charge in [0.25, 0.3) is 0 Å². The van der Waals surface area contributed by atoms with E-state index in [1.54, 1.807) is 0 Å². The summed E-state index contributed by atoms with van der Waals surface area (Å²) < 4.78 is 5.10. The molecule has 1 heterocycles. The van der Waals surface area contributed by atoms with E-state index in [1.165, 1.54) is 0 Å². The SMILES string of the molecule is CCOC(=O)C(CC)N1CCSC(C)C1. The summed E-state index contributed by atoms with van der Waals surface area (Å²) in [6, 6.07) is -0.0340. The molecule has 0 bridgehead atoms. The smallest absolute Gasteiger partial charge is 0.323 e. The van der Waals surface area contributed by atoms with Crippen molar-refractivity contribution in [2.45, 2.75) is 38.5 Å². The van der Waals surface area contributed by atoms with Crippen molar-refractivity contribution in [1.82, 2.24) is 4.90 Å². The van der Waals surface area contributed by atoms with Gasteiger partial charge in [-0.2, -0.15) is 11.8 Å². The molecule has 0 aromatic heterocycles. The minimum atomic E-state index is -0.0564. The highest BCUT2D eigenvalue weighted by Crippen LogP contribution is 2.21. The number of hydrogen-bond acceptors (Lipinski definition) is 4. The van der Waals surface area contributed by atoms with Crippen molar-refractivity contribution < 1.29 is 9.53 Å². The summed E-state index contributed by atoms with van der Waals surface area (Å²) in [4.78, 5) is 14.0. The first-order valence-electron chi connectivity index (χ1n) is 5.71. The highest BCUT2D eigenvalue weighted by Gasteiger charge is 2.28. The van der Waals surface area contributed by atoms with Crippen molar-refractivity contribution in [2.75, 3.05) is 25.4 Å². The Bertz CT molecular complexity index is 211. The molecule has 0 amide bonds. The maximum absolute atomic E-state index is 11.7. The van der Waals surface area contributed by atoms with Crippen LogP contribution < -0.4 is 0 Å². The minimum absolute atomic E-state index is 0.0340. The van der Waals surface area contributed by atoms with Gasteiger partial charge in [0.2, 0.25) is 0 Å². The molecule has 2 unspecified atom stereocenters. The molecule has 0 saturated carbocycles. The number of hydrogen-bond donors (Lipinski definition) is 0. The second-order valence-corrected chi connectivity index (χ2v) is 5.40. The number of esters is 1. The lowest BCUT2D eigenvalue weighted by atomic mass is 10.2. The molecule has 0 aromatic carbocycles. The Kier molecular flexibility index (Phi) is 5.47. The number of nitrogens with zero attached hydrogens (tertiary/aromatic N) is 1. The van der Waals surface area contributed by atoms with Gasteiger partial charge in [-0.3, -0.25) is 9.69 Å². The van der Waals surface area contributed by atoms with Crippen molar-refractivity contribution in [2.24, 2.45) is 0 Å². The molecule has 1 aliphatic rings. The summed E-state index contributed by atoms with van der Waals surface area (Å²) in [5, 5.41) is 0.627. The third-order valence-electron chi connectivity index (χ3n) is 2.66. The van der Waals surface area contributed by atoms with Gasteiger partial charge in [-0.15, -0.1) is 0 Å². The van der Waals surface area contributed by atoms with E-state index in [4.69, 9.17) is 4.74 Å². The molecule has 4 heteroatoms. The molecule has 1 rings (SSSR count). The molecule has 15 heavy (non-hydrogen) atoms. The third-order valence-corrected chi connectivity index (χ3v) is 3.80. The zero-order chi connectivity index (χ0) is 11.3. The zero-order valence-electron chi connectivity index (χ0n) is 9.86. The summed E-state index contributed by atoms with van der Waals surface area (Å²) in [5.74, 6) is 1.07. The topological polar surface area (TPSA) is 29.5 Å². The van der Waals surface area contributed by atoms with Crippen LogP contribution in [0.4, 0.5) is 0 Å². The van der Waals surface area contributed by atoms with E-state index in [-0.39, 0.29) is 12.0 Å². The molecule has 1 aliphatic heterocycles. The highest BCUT2D eigenvalue weighted by molar-refractivity contribution is 7.99. The van der Waals surface area contributed by atoms with Crippen molar-refractivity contribution in [3.63, 3.8) is 0 Å². The fraction of sp³-hybridized carbons (Fsp3) is 0.909. The average Bonchev–Trinajstić information content (AvgIpc) is 2.19. The molecule has 0 radical (unpaired) electrons. The Morgan fingerprint density at radius 3 is 2.87 bits per heavy atom. The fourth-order valence-corrected chi connectivity index (χ4v) is 2.98. The first-order chi connectivity index (χ1) is 7.19. The molecule has 0 spiro atoms. The Hall–Kier alpha value is -0.220. The van der Waals surface area contributed by atoms with Gasteiger partial charge < -0.3 is 4.74 Å². The molecule has 0 N–H and O–H groups in total. The molecular formula is C11H21NO2S. The first-order valence-corrected chi connectivity index (χ1v) is 6.76.